The third-order valence-corrected chi connectivity index (χ3v) is 7.79. The average Bonchev–Trinajstić information content (AvgIpc) is 3.69. The van der Waals surface area contributed by atoms with Gasteiger partial charge in [-0.15, -0.1) is 11.3 Å². The number of aryl methyl sites for hydroxylation is 1. The Bertz CT molecular complexity index is 1280. The fraction of sp³-hybridized carbons (Fsp3) is 0.250. The maximum Gasteiger partial charge on any atom is 0.242 e. The Morgan fingerprint density at radius 3 is 1.86 bits per heavy atom. The molecule has 1 aliphatic carbocycles. The van der Waals surface area contributed by atoms with Gasteiger partial charge >= 0.3 is 0 Å². The van der Waals surface area contributed by atoms with E-state index in [-0.39, 0.29) is 24.4 Å². The minimum Gasteiger partial charge on any atom is -0.332 e. The standard InChI is InChI=1S/C32H32N2O2S/c1-24-17-20-29(37-24)22-33(21-25-11-5-2-6-12-25)30(35)23-34(28-18-19-28)32(36)31(26-13-7-3-8-14-26)27-15-9-4-10-16-27/h2-17,20,28,31H,18-19,21-23H2,1H3. The smallest absolute Gasteiger partial charge is 0.242 e. The van der Waals surface area contributed by atoms with E-state index in [9.17, 15) is 9.59 Å². The molecule has 37 heavy (non-hydrogen) atoms. The molecule has 0 N–H and O–H groups in total. The van der Waals surface area contributed by atoms with Crippen molar-refractivity contribution in [1.29, 1.82) is 0 Å². The summed E-state index contributed by atoms with van der Waals surface area (Å²) in [5, 5.41) is 0. The predicted molar refractivity (Wildman–Crippen MR) is 149 cm³/mol. The average molecular weight is 509 g/mol. The summed E-state index contributed by atoms with van der Waals surface area (Å²) in [6.07, 6.45) is 1.89. The van der Waals surface area contributed by atoms with Crippen molar-refractivity contribution in [2.45, 2.75) is 44.8 Å². The van der Waals surface area contributed by atoms with Crippen LogP contribution in [0.5, 0.6) is 0 Å². The number of thiophene rings is 1. The molecule has 1 saturated carbocycles. The first-order chi connectivity index (χ1) is 18.1. The van der Waals surface area contributed by atoms with Crippen LogP contribution in [0.4, 0.5) is 0 Å². The molecule has 0 bridgehead atoms. The van der Waals surface area contributed by atoms with Crippen LogP contribution in [0.15, 0.2) is 103 Å². The highest BCUT2D eigenvalue weighted by molar-refractivity contribution is 7.11. The highest BCUT2D eigenvalue weighted by Gasteiger charge is 2.38. The van der Waals surface area contributed by atoms with E-state index in [4.69, 9.17) is 0 Å². The third-order valence-electron chi connectivity index (χ3n) is 6.80. The van der Waals surface area contributed by atoms with Crippen molar-refractivity contribution in [3.8, 4) is 0 Å². The topological polar surface area (TPSA) is 40.6 Å². The molecule has 5 rings (SSSR count). The molecular weight excluding hydrogens is 476 g/mol. The zero-order valence-electron chi connectivity index (χ0n) is 21.1. The molecule has 4 nitrogen and oxygen atoms in total. The molecule has 0 saturated heterocycles. The van der Waals surface area contributed by atoms with Crippen molar-refractivity contribution < 1.29 is 9.59 Å². The van der Waals surface area contributed by atoms with Gasteiger partial charge in [0.15, 0.2) is 0 Å². The Morgan fingerprint density at radius 2 is 1.35 bits per heavy atom. The fourth-order valence-electron chi connectivity index (χ4n) is 4.75. The van der Waals surface area contributed by atoms with E-state index in [0.29, 0.717) is 13.1 Å². The van der Waals surface area contributed by atoms with Gasteiger partial charge in [0.2, 0.25) is 11.8 Å². The molecule has 1 aliphatic rings. The lowest BCUT2D eigenvalue weighted by Crippen LogP contribution is -2.45. The van der Waals surface area contributed by atoms with Crippen LogP contribution in [0.25, 0.3) is 0 Å². The number of benzene rings is 3. The summed E-state index contributed by atoms with van der Waals surface area (Å²) in [5.74, 6) is -0.451. The predicted octanol–water partition coefficient (Wildman–Crippen LogP) is 6.41. The second-order valence-electron chi connectivity index (χ2n) is 9.70. The molecule has 0 radical (unpaired) electrons. The SMILES string of the molecule is Cc1ccc(CN(Cc2ccccc2)C(=O)CN(C(=O)C(c2ccccc2)c2ccccc2)C2CC2)s1. The van der Waals surface area contributed by atoms with Crippen LogP contribution in [0.3, 0.4) is 0 Å². The van der Waals surface area contributed by atoms with Crippen LogP contribution in [0.1, 0.15) is 45.2 Å². The van der Waals surface area contributed by atoms with Crippen LogP contribution in [-0.4, -0.2) is 34.2 Å². The molecule has 188 valence electrons. The Morgan fingerprint density at radius 1 is 0.784 bits per heavy atom. The zero-order chi connectivity index (χ0) is 25.6. The molecule has 0 aliphatic heterocycles. The van der Waals surface area contributed by atoms with Gasteiger partial charge in [-0.3, -0.25) is 9.59 Å². The lowest BCUT2D eigenvalue weighted by Gasteiger charge is -2.30. The van der Waals surface area contributed by atoms with E-state index in [0.717, 1.165) is 34.4 Å². The molecule has 0 atom stereocenters. The van der Waals surface area contributed by atoms with Crippen molar-refractivity contribution in [1.82, 2.24) is 9.80 Å². The molecule has 1 aromatic heterocycles. The zero-order valence-corrected chi connectivity index (χ0v) is 21.9. The van der Waals surface area contributed by atoms with E-state index in [1.165, 1.54) is 4.88 Å². The van der Waals surface area contributed by atoms with Crippen molar-refractivity contribution >= 4 is 23.2 Å². The van der Waals surface area contributed by atoms with Gasteiger partial charge in [0.05, 0.1) is 12.5 Å². The van der Waals surface area contributed by atoms with Gasteiger partial charge in [0, 0.05) is 22.3 Å². The molecule has 2 amide bonds. The first-order valence-corrected chi connectivity index (χ1v) is 13.7. The largest absolute Gasteiger partial charge is 0.332 e. The molecule has 3 aromatic carbocycles. The fourth-order valence-corrected chi connectivity index (χ4v) is 5.65. The monoisotopic (exact) mass is 508 g/mol. The first kappa shape index (κ1) is 25.0. The number of nitrogens with zero attached hydrogens (tertiary/aromatic N) is 2. The van der Waals surface area contributed by atoms with Crippen LogP contribution in [0, 0.1) is 6.92 Å². The number of hydrogen-bond donors (Lipinski definition) is 0. The summed E-state index contributed by atoms with van der Waals surface area (Å²) >= 11 is 1.71. The van der Waals surface area contributed by atoms with Gasteiger partial charge in [-0.1, -0.05) is 91.0 Å². The highest BCUT2D eigenvalue weighted by atomic mass is 32.1. The summed E-state index contributed by atoms with van der Waals surface area (Å²) in [5.41, 5.74) is 2.99. The Balaban J connectivity index is 1.41. The molecule has 1 fully saturated rings. The van der Waals surface area contributed by atoms with Gasteiger partial charge < -0.3 is 9.80 Å². The lowest BCUT2D eigenvalue weighted by atomic mass is 9.90. The molecular formula is C32H32N2O2S. The lowest BCUT2D eigenvalue weighted by molar-refractivity contribution is -0.142. The van der Waals surface area contributed by atoms with Crippen LogP contribution in [-0.2, 0) is 22.7 Å². The van der Waals surface area contributed by atoms with E-state index in [2.05, 4.69) is 19.1 Å². The number of carbonyl (C=O) groups excluding carboxylic acids is 2. The van der Waals surface area contributed by atoms with Crippen LogP contribution >= 0.6 is 11.3 Å². The normalized spacial score (nSPS) is 12.9. The Kier molecular flexibility index (Phi) is 7.81. The second kappa shape index (κ2) is 11.6. The van der Waals surface area contributed by atoms with E-state index in [1.54, 1.807) is 11.3 Å². The van der Waals surface area contributed by atoms with Gasteiger partial charge in [-0.25, -0.2) is 0 Å². The van der Waals surface area contributed by atoms with Crippen LogP contribution < -0.4 is 0 Å². The third kappa shape index (κ3) is 6.36. The van der Waals surface area contributed by atoms with Crippen molar-refractivity contribution in [3.05, 3.63) is 130 Å². The molecule has 5 heteroatoms. The number of rotatable bonds is 10. The molecule has 0 unspecified atom stereocenters. The number of amides is 2. The van der Waals surface area contributed by atoms with Crippen molar-refractivity contribution in [3.63, 3.8) is 0 Å². The van der Waals surface area contributed by atoms with Gasteiger partial charge in [-0.2, -0.15) is 0 Å². The quantitative estimate of drug-likeness (QED) is 0.248. The summed E-state index contributed by atoms with van der Waals surface area (Å²) in [7, 11) is 0. The summed E-state index contributed by atoms with van der Waals surface area (Å²) in [4.78, 5) is 34.1. The molecule has 1 heterocycles. The van der Waals surface area contributed by atoms with Gasteiger partial charge in [0.1, 0.15) is 6.54 Å². The Hall–Kier alpha value is -3.70. The first-order valence-electron chi connectivity index (χ1n) is 12.9. The molecule has 0 spiro atoms. The Labute approximate surface area is 223 Å². The van der Waals surface area contributed by atoms with Crippen LogP contribution in [0.2, 0.25) is 0 Å². The highest BCUT2D eigenvalue weighted by Crippen LogP contribution is 2.33. The van der Waals surface area contributed by atoms with Crippen molar-refractivity contribution in [2.75, 3.05) is 6.54 Å². The van der Waals surface area contributed by atoms with E-state index >= 15 is 0 Å². The van der Waals surface area contributed by atoms with Gasteiger partial charge in [-0.05, 0) is 48.6 Å². The van der Waals surface area contributed by atoms with Crippen molar-refractivity contribution in [2.24, 2.45) is 0 Å². The summed E-state index contributed by atoms with van der Waals surface area (Å²) in [6.45, 7) is 3.24. The minimum absolute atomic E-state index is 0.000112. The summed E-state index contributed by atoms with van der Waals surface area (Å²) < 4.78 is 0. The second-order valence-corrected chi connectivity index (χ2v) is 11.1. The van der Waals surface area contributed by atoms with E-state index in [1.807, 2.05) is 101 Å². The van der Waals surface area contributed by atoms with Gasteiger partial charge in [0.25, 0.3) is 0 Å². The van der Waals surface area contributed by atoms with E-state index < -0.39 is 5.92 Å². The molecule has 4 aromatic rings. The number of carbonyl (C=O) groups is 2. The minimum atomic E-state index is -0.432. The number of hydrogen-bond acceptors (Lipinski definition) is 3. The maximum absolute atomic E-state index is 14.2. The summed E-state index contributed by atoms with van der Waals surface area (Å²) in [6, 6.07) is 34.2. The maximum atomic E-state index is 14.2.